The van der Waals surface area contributed by atoms with E-state index in [0.29, 0.717) is 12.5 Å². The smallest absolute Gasteiger partial charge is 0.231 e. The van der Waals surface area contributed by atoms with E-state index in [1.165, 1.54) is 5.56 Å². The van der Waals surface area contributed by atoms with Crippen molar-refractivity contribution in [1.29, 1.82) is 0 Å². The van der Waals surface area contributed by atoms with E-state index >= 15 is 0 Å². The highest BCUT2D eigenvalue weighted by Crippen LogP contribution is 2.35. The summed E-state index contributed by atoms with van der Waals surface area (Å²) < 4.78 is 10.9. The number of nitrogen functional groups attached to an aromatic ring is 1. The Kier molecular flexibility index (Phi) is 5.33. The van der Waals surface area contributed by atoms with Crippen LogP contribution in [0, 0.1) is 0 Å². The summed E-state index contributed by atoms with van der Waals surface area (Å²) >= 11 is 1.57. The fourth-order valence-electron chi connectivity index (χ4n) is 3.72. The number of ether oxygens (including phenoxy) is 2. The Labute approximate surface area is 179 Å². The van der Waals surface area contributed by atoms with E-state index in [4.69, 9.17) is 15.2 Å². The van der Waals surface area contributed by atoms with Crippen LogP contribution in [-0.4, -0.2) is 47.8 Å². The summed E-state index contributed by atoms with van der Waals surface area (Å²) in [5, 5.41) is 0.800. The van der Waals surface area contributed by atoms with Gasteiger partial charge in [-0.3, -0.25) is 4.90 Å². The second kappa shape index (κ2) is 8.41. The normalized spacial score (nSPS) is 16.1. The van der Waals surface area contributed by atoms with E-state index in [1.807, 2.05) is 24.3 Å². The van der Waals surface area contributed by atoms with Crippen LogP contribution < -0.4 is 20.1 Å². The number of nitrogens with two attached hydrogens (primary N) is 1. The zero-order chi connectivity index (χ0) is 20.3. The molecule has 1 saturated heterocycles. The molecular formula is C22H23N5O2S. The number of benzene rings is 2. The SMILES string of the molecule is Nc1c(Sc2ccccc2)ncnc1N1CCN(Cc2ccc3c(c2)OCO3)CC1. The molecule has 2 aliphatic heterocycles. The fourth-order valence-corrected chi connectivity index (χ4v) is 4.54. The summed E-state index contributed by atoms with van der Waals surface area (Å²) in [5.74, 6) is 2.49. The third-order valence-electron chi connectivity index (χ3n) is 5.30. The van der Waals surface area contributed by atoms with Crippen LogP contribution in [0.25, 0.3) is 0 Å². The molecule has 8 heteroatoms. The van der Waals surface area contributed by atoms with Crippen molar-refractivity contribution in [1.82, 2.24) is 14.9 Å². The Morgan fingerprint density at radius 2 is 1.73 bits per heavy atom. The number of anilines is 2. The minimum absolute atomic E-state index is 0.308. The maximum atomic E-state index is 6.45. The zero-order valence-corrected chi connectivity index (χ0v) is 17.3. The van der Waals surface area contributed by atoms with Crippen molar-refractivity contribution in [3.05, 3.63) is 60.4 Å². The van der Waals surface area contributed by atoms with Crippen LogP contribution >= 0.6 is 11.8 Å². The maximum Gasteiger partial charge on any atom is 0.231 e. The quantitative estimate of drug-likeness (QED) is 0.629. The lowest BCUT2D eigenvalue weighted by molar-refractivity contribution is 0.174. The van der Waals surface area contributed by atoms with Gasteiger partial charge in [-0.05, 0) is 29.8 Å². The van der Waals surface area contributed by atoms with Crippen molar-refractivity contribution in [3.63, 3.8) is 0 Å². The molecule has 0 atom stereocenters. The van der Waals surface area contributed by atoms with Gasteiger partial charge in [0.15, 0.2) is 17.3 Å². The van der Waals surface area contributed by atoms with Gasteiger partial charge in [-0.1, -0.05) is 36.0 Å². The summed E-state index contributed by atoms with van der Waals surface area (Å²) in [4.78, 5) is 14.7. The van der Waals surface area contributed by atoms with Crippen LogP contribution in [0.5, 0.6) is 11.5 Å². The summed E-state index contributed by atoms with van der Waals surface area (Å²) in [6, 6.07) is 16.3. The zero-order valence-electron chi connectivity index (χ0n) is 16.5. The van der Waals surface area contributed by atoms with Crippen LogP contribution in [-0.2, 0) is 6.54 Å². The van der Waals surface area contributed by atoms with E-state index in [9.17, 15) is 0 Å². The Morgan fingerprint density at radius 3 is 2.57 bits per heavy atom. The molecule has 0 unspecified atom stereocenters. The molecule has 3 aromatic rings. The molecule has 154 valence electrons. The second-order valence-corrected chi connectivity index (χ2v) is 8.34. The number of piperazine rings is 1. The van der Waals surface area contributed by atoms with Crippen LogP contribution in [0.3, 0.4) is 0 Å². The van der Waals surface area contributed by atoms with E-state index in [2.05, 4.69) is 44.0 Å². The van der Waals surface area contributed by atoms with Crippen molar-refractivity contribution in [2.24, 2.45) is 0 Å². The van der Waals surface area contributed by atoms with Crippen LogP contribution in [0.15, 0.2) is 64.8 Å². The van der Waals surface area contributed by atoms with Gasteiger partial charge in [0.2, 0.25) is 6.79 Å². The maximum absolute atomic E-state index is 6.45. The first-order valence-electron chi connectivity index (χ1n) is 9.95. The first-order chi connectivity index (χ1) is 14.8. The monoisotopic (exact) mass is 421 g/mol. The Balaban J connectivity index is 1.23. The van der Waals surface area contributed by atoms with Crippen LogP contribution in [0.2, 0.25) is 0 Å². The fraction of sp³-hybridized carbons (Fsp3) is 0.273. The van der Waals surface area contributed by atoms with Crippen LogP contribution in [0.1, 0.15) is 5.56 Å². The molecule has 5 rings (SSSR count). The summed E-state index contributed by atoms with van der Waals surface area (Å²) in [6.45, 7) is 4.84. The number of nitrogens with zero attached hydrogens (tertiary/aromatic N) is 4. The van der Waals surface area contributed by atoms with Gasteiger partial charge < -0.3 is 20.1 Å². The standard InChI is InChI=1S/C22H23N5O2S/c23-20-21(24-14-25-22(20)30-17-4-2-1-3-5-17)27-10-8-26(9-11-27)13-16-6-7-18-19(12-16)29-15-28-18/h1-7,12,14H,8-11,13,15,23H2. The Morgan fingerprint density at radius 1 is 0.933 bits per heavy atom. The average Bonchev–Trinajstić information content (AvgIpc) is 3.25. The molecule has 0 aliphatic carbocycles. The topological polar surface area (TPSA) is 76.7 Å². The third-order valence-corrected chi connectivity index (χ3v) is 6.33. The van der Waals surface area contributed by atoms with Gasteiger partial charge in [0.1, 0.15) is 17.0 Å². The summed E-state index contributed by atoms with van der Waals surface area (Å²) in [7, 11) is 0. The molecule has 3 heterocycles. The lowest BCUT2D eigenvalue weighted by atomic mass is 10.1. The van der Waals surface area contributed by atoms with Crippen molar-refractivity contribution >= 4 is 23.3 Å². The predicted molar refractivity (Wildman–Crippen MR) is 117 cm³/mol. The molecule has 0 amide bonds. The highest BCUT2D eigenvalue weighted by molar-refractivity contribution is 7.99. The molecule has 2 aromatic carbocycles. The number of hydrogen-bond acceptors (Lipinski definition) is 8. The van der Waals surface area contributed by atoms with Gasteiger partial charge in [0, 0.05) is 37.6 Å². The lowest BCUT2D eigenvalue weighted by Gasteiger charge is -2.36. The highest BCUT2D eigenvalue weighted by Gasteiger charge is 2.22. The Bertz CT molecular complexity index is 1030. The molecule has 0 spiro atoms. The number of rotatable bonds is 5. The van der Waals surface area contributed by atoms with Gasteiger partial charge in [0.05, 0.1) is 0 Å². The molecule has 1 aromatic heterocycles. The molecule has 0 bridgehead atoms. The first kappa shape index (κ1) is 19.0. The molecular weight excluding hydrogens is 398 g/mol. The molecule has 0 radical (unpaired) electrons. The van der Waals surface area contributed by atoms with Crippen molar-refractivity contribution in [3.8, 4) is 11.5 Å². The molecule has 1 fully saturated rings. The van der Waals surface area contributed by atoms with E-state index in [1.54, 1.807) is 18.1 Å². The van der Waals surface area contributed by atoms with Crippen molar-refractivity contribution in [2.45, 2.75) is 16.5 Å². The predicted octanol–water partition coefficient (Wildman–Crippen LogP) is 3.26. The van der Waals surface area contributed by atoms with Gasteiger partial charge in [0.25, 0.3) is 0 Å². The third kappa shape index (κ3) is 4.01. The van der Waals surface area contributed by atoms with E-state index < -0.39 is 0 Å². The molecule has 2 aliphatic rings. The second-order valence-electron chi connectivity index (χ2n) is 7.28. The minimum Gasteiger partial charge on any atom is -0.454 e. The average molecular weight is 422 g/mol. The minimum atomic E-state index is 0.308. The van der Waals surface area contributed by atoms with Gasteiger partial charge in [-0.25, -0.2) is 9.97 Å². The van der Waals surface area contributed by atoms with Gasteiger partial charge >= 0.3 is 0 Å². The van der Waals surface area contributed by atoms with Gasteiger partial charge in [-0.15, -0.1) is 0 Å². The van der Waals surface area contributed by atoms with E-state index in [-0.39, 0.29) is 0 Å². The van der Waals surface area contributed by atoms with E-state index in [0.717, 1.165) is 60.0 Å². The number of aromatic nitrogens is 2. The van der Waals surface area contributed by atoms with Gasteiger partial charge in [-0.2, -0.15) is 0 Å². The molecule has 2 N–H and O–H groups in total. The van der Waals surface area contributed by atoms with Crippen molar-refractivity contribution < 1.29 is 9.47 Å². The largest absolute Gasteiger partial charge is 0.454 e. The molecule has 0 saturated carbocycles. The van der Waals surface area contributed by atoms with Crippen LogP contribution in [0.4, 0.5) is 11.5 Å². The van der Waals surface area contributed by atoms with Crippen molar-refractivity contribution in [2.75, 3.05) is 43.6 Å². The Hall–Kier alpha value is -2.97. The number of fused-ring (bicyclic) bond motifs is 1. The highest BCUT2D eigenvalue weighted by atomic mass is 32.2. The molecule has 7 nitrogen and oxygen atoms in total. The first-order valence-corrected chi connectivity index (χ1v) is 10.8. The number of hydrogen-bond donors (Lipinski definition) is 1. The summed E-state index contributed by atoms with van der Waals surface area (Å²) in [5.41, 5.74) is 8.33. The lowest BCUT2D eigenvalue weighted by Crippen LogP contribution is -2.46. The summed E-state index contributed by atoms with van der Waals surface area (Å²) in [6.07, 6.45) is 1.61. The molecule has 30 heavy (non-hydrogen) atoms.